The first-order valence-corrected chi connectivity index (χ1v) is 30.0. The van der Waals surface area contributed by atoms with E-state index in [1.54, 1.807) is 158 Å². The van der Waals surface area contributed by atoms with Crippen LogP contribution in [0.3, 0.4) is 0 Å². The van der Waals surface area contributed by atoms with Crippen LogP contribution >= 0.6 is 46.4 Å². The summed E-state index contributed by atoms with van der Waals surface area (Å²) in [6.45, 7) is 16.3. The zero-order chi connectivity index (χ0) is 67.7. The summed E-state index contributed by atoms with van der Waals surface area (Å²) >= 11 is 24.6. The highest BCUT2D eigenvalue weighted by Crippen LogP contribution is 2.36. The summed E-state index contributed by atoms with van der Waals surface area (Å²) in [5, 5.41) is 28.4. The number of esters is 2. The summed E-state index contributed by atoms with van der Waals surface area (Å²) in [7, 11) is 5.38. The van der Waals surface area contributed by atoms with Crippen LogP contribution in [0.25, 0.3) is 33.8 Å². The first-order chi connectivity index (χ1) is 43.7. The molecule has 3 atom stereocenters. The minimum atomic E-state index is -1.05. The molecule has 0 unspecified atom stereocenters. The third kappa shape index (κ3) is 15.8. The number of ether oxygens (including phenoxy) is 2. The van der Waals surface area contributed by atoms with Crippen molar-refractivity contribution in [1.29, 1.82) is 0 Å². The van der Waals surface area contributed by atoms with Crippen molar-refractivity contribution in [3.8, 4) is 33.8 Å². The van der Waals surface area contributed by atoms with Gasteiger partial charge in [0.1, 0.15) is 46.8 Å². The molecule has 94 heavy (non-hydrogen) atoms. The molecule has 0 fully saturated rings. The third-order valence-corrected chi connectivity index (χ3v) is 15.3. The highest BCUT2D eigenvalue weighted by atomic mass is 35.5. The van der Waals surface area contributed by atoms with E-state index < -0.39 is 53.3 Å². The first kappa shape index (κ1) is 70.0. The Bertz CT molecular complexity index is 4310. The fourth-order valence-electron chi connectivity index (χ4n) is 9.44. The van der Waals surface area contributed by atoms with E-state index in [0.29, 0.717) is 78.1 Å². The number of nitrogens with one attached hydrogen (secondary N) is 2. The number of nitrogen functional groups attached to an aromatic ring is 1. The van der Waals surface area contributed by atoms with Gasteiger partial charge >= 0.3 is 36.0 Å². The van der Waals surface area contributed by atoms with Crippen LogP contribution in [-0.4, -0.2) is 158 Å². The van der Waals surface area contributed by atoms with Crippen molar-refractivity contribution in [1.82, 2.24) is 87.6 Å². The Labute approximate surface area is 559 Å². The number of aryl methyl sites for hydroxylation is 3. The second kappa shape index (κ2) is 28.1. The van der Waals surface area contributed by atoms with Crippen molar-refractivity contribution >= 4 is 112 Å². The number of anilines is 5. The van der Waals surface area contributed by atoms with Crippen LogP contribution in [0.1, 0.15) is 86.8 Å². The molecule has 3 aliphatic heterocycles. The molecule has 5 N–H and O–H groups in total. The predicted molar refractivity (Wildman–Crippen MR) is 350 cm³/mol. The molecule has 12 heterocycles. The average molecular weight is 1370 g/mol. The van der Waals surface area contributed by atoms with Gasteiger partial charge in [-0.15, -0.1) is 0 Å². The Hall–Kier alpha value is -9.91. The normalized spacial score (nSPS) is 14.0. The van der Waals surface area contributed by atoms with Gasteiger partial charge in [0.15, 0.2) is 0 Å². The molecule has 9 aromatic rings. The van der Waals surface area contributed by atoms with E-state index in [2.05, 4.69) is 55.8 Å². The SMILES string of the molecule is C.C[C@H](C(=O)O)N1Cc2cc(-c3nc(Nc4ccnn4C)ncc3Cl)cn2C1=O.C[C@H](C(=O)OC(C)(C)C)N1Cc2cc(-c3nc(Cl)ncc3Cl)cn2C1=O.C[C@H](C(=O)OC(C)(C)C)N1Cc2cc(-c3nc(Nc4ccnn4C)ncc3Cl)cn2C1=O.Cn1nccc1N. The monoisotopic (exact) mass is 1370 g/mol. The van der Waals surface area contributed by atoms with Gasteiger partial charge < -0.3 is 45.6 Å². The van der Waals surface area contributed by atoms with Gasteiger partial charge in [0.05, 0.1) is 89.0 Å². The number of hydrogen-bond donors (Lipinski definition) is 4. The molecule has 0 saturated heterocycles. The number of fused-ring (bicyclic) bond motifs is 3. The zero-order valence-electron chi connectivity index (χ0n) is 52.4. The van der Waals surface area contributed by atoms with Crippen LogP contribution in [0.2, 0.25) is 20.4 Å². The number of nitrogens with zero attached hydrogens (tertiary/aromatic N) is 18. The van der Waals surface area contributed by atoms with Crippen LogP contribution in [0.5, 0.6) is 0 Å². The standard InChI is InChI=1S/C21H24ClN7O3.C17H18Cl2N4O3.C17H16ClN7O3.C4H7N3.CH4/c1-12(18(30)32-21(2,3)4)28-11-14-8-13(10-29(14)20(28)31)17-15(22)9-23-19(26-17)25-16-6-7-24-27(16)5;1-9(14(24)26-17(2,3)4)22-8-11-5-10(7-23(11)16(22)25)13-12(18)6-20-15(19)21-13;1-9(15(26)27)24-8-11-5-10(7-25(11)17(24)28)14-12(18)6-19-16(22-14)21-13-3-4-20-23(13)2;1-7-4(5)2-3-6-7;/h6-10,12H,11H2,1-5H3,(H,23,25,26);5-7,9H,8H2,1-4H3;3-7,9H,8H2,1-2H3,(H,26,27)(H,19,21,22);2-3H,5H2,1H3;1H4/t12-;2*9-;;/m111../s1. The van der Waals surface area contributed by atoms with Gasteiger partial charge in [-0.25, -0.2) is 58.7 Å². The molecule has 12 rings (SSSR count). The molecule has 0 aliphatic carbocycles. The Balaban J connectivity index is 0.000000171. The van der Waals surface area contributed by atoms with Crippen molar-refractivity contribution in [2.45, 2.75) is 119 Å². The fourth-order valence-corrected chi connectivity index (χ4v) is 10.2. The molecule has 3 aliphatic rings. The average Bonchev–Trinajstić information content (AvgIpc) is 1.63. The van der Waals surface area contributed by atoms with Gasteiger partial charge in [0.2, 0.25) is 17.2 Å². The maximum Gasteiger partial charge on any atom is 0.329 e. The Morgan fingerprint density at radius 2 is 0.883 bits per heavy atom. The van der Waals surface area contributed by atoms with Gasteiger partial charge in [0, 0.05) is 85.6 Å². The lowest BCUT2D eigenvalue weighted by molar-refractivity contribution is -0.160. The highest BCUT2D eigenvalue weighted by Gasteiger charge is 2.39. The summed E-state index contributed by atoms with van der Waals surface area (Å²) in [5.41, 5.74) is 9.63. The van der Waals surface area contributed by atoms with Crippen molar-refractivity contribution in [3.05, 3.63) is 130 Å². The summed E-state index contributed by atoms with van der Waals surface area (Å²) in [6.07, 6.45) is 14.3. The van der Waals surface area contributed by atoms with E-state index in [0.717, 1.165) is 17.2 Å². The molecule has 0 spiro atoms. The summed E-state index contributed by atoms with van der Waals surface area (Å²) in [5.74, 6) is 0.876. The molecule has 0 saturated carbocycles. The van der Waals surface area contributed by atoms with Crippen molar-refractivity contribution in [2.75, 3.05) is 16.4 Å². The molecule has 0 bridgehead atoms. The molecule has 34 heteroatoms. The molecule has 3 amide bonds. The number of halogens is 4. The maximum absolute atomic E-state index is 12.9. The smallest absolute Gasteiger partial charge is 0.329 e. The van der Waals surface area contributed by atoms with E-state index in [4.69, 9.17) is 66.7 Å². The second-order valence-electron chi connectivity index (χ2n) is 23.4. The Kier molecular flexibility index (Phi) is 20.9. The number of nitrogens with two attached hydrogens (primary N) is 1. The molecular formula is C60H69Cl4N21O9. The van der Waals surface area contributed by atoms with Gasteiger partial charge in [0.25, 0.3) is 0 Å². The maximum atomic E-state index is 12.9. The lowest BCUT2D eigenvalue weighted by Gasteiger charge is -2.26. The van der Waals surface area contributed by atoms with Crippen LogP contribution in [-0.2, 0) is 64.6 Å². The number of carbonyl (C=O) groups excluding carboxylic acids is 5. The zero-order valence-corrected chi connectivity index (χ0v) is 55.4. The van der Waals surface area contributed by atoms with Crippen molar-refractivity contribution in [3.63, 3.8) is 0 Å². The quantitative estimate of drug-likeness (QED) is 0.0615. The molecule has 0 radical (unpaired) electrons. The lowest BCUT2D eigenvalue weighted by Crippen LogP contribution is -2.43. The second-order valence-corrected chi connectivity index (χ2v) is 24.9. The molecule has 496 valence electrons. The largest absolute Gasteiger partial charge is 0.480 e. The molecule has 30 nitrogen and oxygen atoms in total. The van der Waals surface area contributed by atoms with Gasteiger partial charge in [-0.05, 0) is 98.2 Å². The fraction of sp³-hybridized carbons (Fsp3) is 0.350. The molecular weight excluding hydrogens is 1300 g/mol. The van der Waals surface area contributed by atoms with Gasteiger partial charge in [-0.2, -0.15) is 15.3 Å². The first-order valence-electron chi connectivity index (χ1n) is 28.5. The number of carboxylic acid groups (broad SMARTS) is 1. The predicted octanol–water partition coefficient (Wildman–Crippen LogP) is 10.3. The number of carboxylic acids is 1. The summed E-state index contributed by atoms with van der Waals surface area (Å²) in [6, 6.07) is 7.42. The van der Waals surface area contributed by atoms with E-state index in [9.17, 15) is 28.8 Å². The van der Waals surface area contributed by atoms with Crippen LogP contribution in [0.15, 0.2) is 92.2 Å². The summed E-state index contributed by atoms with van der Waals surface area (Å²) in [4.78, 5) is 104. The molecule has 9 aromatic heterocycles. The molecule has 0 aromatic carbocycles. The van der Waals surface area contributed by atoms with Crippen LogP contribution in [0.4, 0.5) is 43.7 Å². The van der Waals surface area contributed by atoms with Crippen LogP contribution in [0, 0.1) is 0 Å². The Morgan fingerprint density at radius 3 is 1.18 bits per heavy atom. The van der Waals surface area contributed by atoms with E-state index in [1.165, 1.54) is 53.9 Å². The van der Waals surface area contributed by atoms with E-state index in [-0.39, 0.29) is 44.4 Å². The van der Waals surface area contributed by atoms with Crippen molar-refractivity contribution < 1.29 is 43.3 Å². The highest BCUT2D eigenvalue weighted by molar-refractivity contribution is 6.34. The number of rotatable bonds is 13. The number of aromatic nitrogens is 15. The Morgan fingerprint density at radius 1 is 0.543 bits per heavy atom. The number of amides is 3. The number of carbonyl (C=O) groups is 6. The van der Waals surface area contributed by atoms with Gasteiger partial charge in [-0.1, -0.05) is 42.2 Å². The number of hydrogen-bond acceptors (Lipinski definition) is 20. The third-order valence-electron chi connectivity index (χ3n) is 14.3. The lowest BCUT2D eigenvalue weighted by atomic mass is 10.2. The minimum Gasteiger partial charge on any atom is -0.480 e. The topological polar surface area (TPSA) is 346 Å². The number of aliphatic carboxylic acids is 1. The van der Waals surface area contributed by atoms with Crippen LogP contribution < -0.4 is 16.4 Å². The summed E-state index contributed by atoms with van der Waals surface area (Å²) < 4.78 is 20.1. The van der Waals surface area contributed by atoms with Gasteiger partial charge in [-0.3, -0.25) is 27.7 Å². The minimum absolute atomic E-state index is 0. The van der Waals surface area contributed by atoms with E-state index >= 15 is 0 Å². The van der Waals surface area contributed by atoms with E-state index in [1.807, 2.05) is 6.07 Å². The van der Waals surface area contributed by atoms with Crippen molar-refractivity contribution in [2.24, 2.45) is 21.1 Å².